The van der Waals surface area contributed by atoms with Gasteiger partial charge < -0.3 is 0 Å². The average Bonchev–Trinajstić information content (AvgIpc) is 2.71. The van der Waals surface area contributed by atoms with E-state index >= 15 is 0 Å². The van der Waals surface area contributed by atoms with Gasteiger partial charge in [-0.2, -0.15) is 0 Å². The standard InChI is InChI=1S/C12H12S2/c1-6-4-9-8(3)10-5-7(2)14-12(10)11(9)13-6/h4-5,8H,1-3H3. The molecular weight excluding hydrogens is 208 g/mol. The first kappa shape index (κ1) is 8.69. The van der Waals surface area contributed by atoms with Gasteiger partial charge in [0.2, 0.25) is 0 Å². The molecule has 0 saturated heterocycles. The fourth-order valence-corrected chi connectivity index (χ4v) is 4.63. The molecule has 72 valence electrons. The van der Waals surface area contributed by atoms with E-state index in [4.69, 9.17) is 0 Å². The molecule has 2 aromatic rings. The van der Waals surface area contributed by atoms with Gasteiger partial charge in [0.25, 0.3) is 0 Å². The Balaban J connectivity index is 2.32. The maximum atomic E-state index is 2.35. The van der Waals surface area contributed by atoms with Crippen molar-refractivity contribution in [3.8, 4) is 9.75 Å². The van der Waals surface area contributed by atoms with Crippen LogP contribution in [0.5, 0.6) is 0 Å². The number of fused-ring (bicyclic) bond motifs is 3. The van der Waals surface area contributed by atoms with E-state index < -0.39 is 0 Å². The fraction of sp³-hybridized carbons (Fsp3) is 0.333. The molecule has 0 aromatic carbocycles. The van der Waals surface area contributed by atoms with Crippen LogP contribution in [0.1, 0.15) is 33.7 Å². The van der Waals surface area contributed by atoms with Crippen LogP contribution in [0, 0.1) is 13.8 Å². The Hall–Kier alpha value is -0.600. The second kappa shape index (κ2) is 2.71. The Bertz CT molecular complexity index is 456. The second-order valence-electron chi connectivity index (χ2n) is 4.00. The van der Waals surface area contributed by atoms with Crippen LogP contribution in [0.25, 0.3) is 9.75 Å². The zero-order valence-corrected chi connectivity index (χ0v) is 10.2. The lowest BCUT2D eigenvalue weighted by Crippen LogP contribution is -1.86. The molecule has 1 aliphatic rings. The van der Waals surface area contributed by atoms with Gasteiger partial charge in [0, 0.05) is 25.4 Å². The molecule has 2 aromatic heterocycles. The monoisotopic (exact) mass is 220 g/mol. The number of hydrogen-bond donors (Lipinski definition) is 0. The van der Waals surface area contributed by atoms with Crippen LogP contribution in [-0.4, -0.2) is 0 Å². The van der Waals surface area contributed by atoms with Gasteiger partial charge in [0.1, 0.15) is 0 Å². The Morgan fingerprint density at radius 1 is 0.929 bits per heavy atom. The average molecular weight is 220 g/mol. The molecule has 3 rings (SSSR count). The van der Waals surface area contributed by atoms with E-state index in [1.807, 2.05) is 22.7 Å². The first-order valence-corrected chi connectivity index (χ1v) is 6.51. The zero-order valence-electron chi connectivity index (χ0n) is 8.55. The van der Waals surface area contributed by atoms with Gasteiger partial charge in [-0.15, -0.1) is 22.7 Å². The smallest absolute Gasteiger partial charge is 0.0486 e. The minimum Gasteiger partial charge on any atom is -0.139 e. The van der Waals surface area contributed by atoms with E-state index in [0.29, 0.717) is 5.92 Å². The summed E-state index contributed by atoms with van der Waals surface area (Å²) in [6.45, 7) is 6.73. The van der Waals surface area contributed by atoms with E-state index in [0.717, 1.165) is 0 Å². The van der Waals surface area contributed by atoms with Crippen molar-refractivity contribution in [3.05, 3.63) is 33.0 Å². The van der Waals surface area contributed by atoms with Crippen LogP contribution < -0.4 is 0 Å². The Kier molecular flexibility index (Phi) is 1.68. The number of hydrogen-bond acceptors (Lipinski definition) is 2. The molecule has 0 radical (unpaired) electrons. The molecular formula is C12H12S2. The van der Waals surface area contributed by atoms with Gasteiger partial charge in [-0.25, -0.2) is 0 Å². The Labute approximate surface area is 92.2 Å². The number of thiophene rings is 2. The van der Waals surface area contributed by atoms with E-state index in [9.17, 15) is 0 Å². The lowest BCUT2D eigenvalue weighted by Gasteiger charge is -2.01. The highest BCUT2D eigenvalue weighted by molar-refractivity contribution is 7.22. The summed E-state index contributed by atoms with van der Waals surface area (Å²) in [7, 11) is 0. The maximum absolute atomic E-state index is 2.35. The molecule has 0 atom stereocenters. The van der Waals surface area contributed by atoms with E-state index in [2.05, 4.69) is 32.9 Å². The van der Waals surface area contributed by atoms with Gasteiger partial charge >= 0.3 is 0 Å². The normalized spacial score (nSPS) is 14.5. The molecule has 1 aliphatic carbocycles. The Morgan fingerprint density at radius 3 is 1.79 bits per heavy atom. The molecule has 0 spiro atoms. The minimum atomic E-state index is 0.620. The highest BCUT2D eigenvalue weighted by Crippen LogP contribution is 2.52. The summed E-state index contributed by atoms with van der Waals surface area (Å²) >= 11 is 3.89. The van der Waals surface area contributed by atoms with Gasteiger partial charge in [-0.05, 0) is 37.1 Å². The summed E-state index contributed by atoms with van der Waals surface area (Å²) in [6.07, 6.45) is 0. The highest BCUT2D eigenvalue weighted by atomic mass is 32.1. The predicted octanol–water partition coefficient (Wildman–Crippen LogP) is 4.56. The van der Waals surface area contributed by atoms with Crippen molar-refractivity contribution < 1.29 is 0 Å². The molecule has 0 bridgehead atoms. The number of aryl methyl sites for hydroxylation is 2. The van der Waals surface area contributed by atoms with Crippen LogP contribution in [0.3, 0.4) is 0 Å². The molecule has 0 fully saturated rings. The largest absolute Gasteiger partial charge is 0.139 e. The van der Waals surface area contributed by atoms with Crippen molar-refractivity contribution in [3.63, 3.8) is 0 Å². The van der Waals surface area contributed by atoms with E-state index in [1.54, 1.807) is 11.1 Å². The second-order valence-corrected chi connectivity index (χ2v) is 6.52. The molecule has 0 aliphatic heterocycles. The highest BCUT2D eigenvalue weighted by Gasteiger charge is 2.29. The van der Waals surface area contributed by atoms with Crippen molar-refractivity contribution in [1.82, 2.24) is 0 Å². The minimum absolute atomic E-state index is 0.620. The molecule has 0 N–H and O–H groups in total. The summed E-state index contributed by atoms with van der Waals surface area (Å²) in [6, 6.07) is 4.71. The SMILES string of the molecule is Cc1cc2c(s1)-c1sc(C)cc1C2C. The quantitative estimate of drug-likeness (QED) is 0.610. The molecule has 2 heteroatoms. The van der Waals surface area contributed by atoms with Crippen LogP contribution in [-0.2, 0) is 0 Å². The van der Waals surface area contributed by atoms with E-state index in [1.165, 1.54) is 19.5 Å². The lowest BCUT2D eigenvalue weighted by atomic mass is 10.0. The van der Waals surface area contributed by atoms with Crippen LogP contribution in [0.4, 0.5) is 0 Å². The summed E-state index contributed by atoms with van der Waals surface area (Å²) in [4.78, 5) is 5.95. The molecule has 2 heterocycles. The zero-order chi connectivity index (χ0) is 9.87. The fourth-order valence-electron chi connectivity index (χ4n) is 2.23. The third-order valence-electron chi connectivity index (χ3n) is 2.91. The molecule has 0 nitrogen and oxygen atoms in total. The van der Waals surface area contributed by atoms with E-state index in [-0.39, 0.29) is 0 Å². The first-order valence-electron chi connectivity index (χ1n) is 4.88. The topological polar surface area (TPSA) is 0 Å². The van der Waals surface area contributed by atoms with Crippen molar-refractivity contribution in [2.24, 2.45) is 0 Å². The van der Waals surface area contributed by atoms with Gasteiger partial charge in [0.05, 0.1) is 0 Å². The van der Waals surface area contributed by atoms with Crippen molar-refractivity contribution in [1.29, 1.82) is 0 Å². The molecule has 0 amide bonds. The molecule has 0 saturated carbocycles. The first-order chi connectivity index (χ1) is 6.66. The molecule has 14 heavy (non-hydrogen) atoms. The van der Waals surface area contributed by atoms with Crippen LogP contribution in [0.2, 0.25) is 0 Å². The summed E-state index contributed by atoms with van der Waals surface area (Å²) in [5.41, 5.74) is 3.10. The van der Waals surface area contributed by atoms with Crippen LogP contribution in [0.15, 0.2) is 12.1 Å². The van der Waals surface area contributed by atoms with Crippen molar-refractivity contribution in [2.45, 2.75) is 26.7 Å². The summed E-state index contributed by atoms with van der Waals surface area (Å²) < 4.78 is 0. The summed E-state index contributed by atoms with van der Waals surface area (Å²) in [5.74, 6) is 0.620. The number of rotatable bonds is 0. The van der Waals surface area contributed by atoms with Crippen molar-refractivity contribution in [2.75, 3.05) is 0 Å². The van der Waals surface area contributed by atoms with Crippen molar-refractivity contribution >= 4 is 22.7 Å². The molecule has 0 unspecified atom stereocenters. The van der Waals surface area contributed by atoms with Gasteiger partial charge in [-0.3, -0.25) is 0 Å². The third kappa shape index (κ3) is 0.984. The lowest BCUT2D eigenvalue weighted by molar-refractivity contribution is 0.961. The van der Waals surface area contributed by atoms with Gasteiger partial charge in [0.15, 0.2) is 0 Å². The Morgan fingerprint density at radius 2 is 1.36 bits per heavy atom. The van der Waals surface area contributed by atoms with Gasteiger partial charge in [-0.1, -0.05) is 6.92 Å². The van der Waals surface area contributed by atoms with Crippen LogP contribution >= 0.6 is 22.7 Å². The maximum Gasteiger partial charge on any atom is 0.0486 e. The third-order valence-corrected chi connectivity index (χ3v) is 5.20. The predicted molar refractivity (Wildman–Crippen MR) is 64.6 cm³/mol. The summed E-state index contributed by atoms with van der Waals surface area (Å²) in [5, 5.41) is 0.